The molecule has 0 spiro atoms. The van der Waals surface area contributed by atoms with E-state index >= 15 is 0 Å². The highest BCUT2D eigenvalue weighted by molar-refractivity contribution is 5.81. The summed E-state index contributed by atoms with van der Waals surface area (Å²) in [5.41, 5.74) is 0.0925. The van der Waals surface area contributed by atoms with Crippen molar-refractivity contribution in [2.24, 2.45) is 5.92 Å². The number of rotatable bonds is 5. The third-order valence-corrected chi connectivity index (χ3v) is 4.28. The molecule has 1 aliphatic heterocycles. The van der Waals surface area contributed by atoms with Crippen LogP contribution in [0.3, 0.4) is 0 Å². The highest BCUT2D eigenvalue weighted by Crippen LogP contribution is 2.18. The summed E-state index contributed by atoms with van der Waals surface area (Å²) < 4.78 is 7.32. The monoisotopic (exact) mass is 286 g/mol. The number of benzene rings is 1. The molecule has 0 amide bonds. The molecule has 1 saturated heterocycles. The van der Waals surface area contributed by atoms with Crippen LogP contribution in [0.1, 0.15) is 13.3 Å². The summed E-state index contributed by atoms with van der Waals surface area (Å²) in [6.07, 6.45) is 2.98. The molecule has 0 saturated carbocycles. The Hall–Kier alpha value is -1.65. The Morgan fingerprint density at radius 1 is 1.38 bits per heavy atom. The van der Waals surface area contributed by atoms with Crippen molar-refractivity contribution in [2.75, 3.05) is 19.8 Å². The van der Waals surface area contributed by atoms with Crippen LogP contribution in [0.25, 0.3) is 10.8 Å². The molecule has 2 heterocycles. The van der Waals surface area contributed by atoms with Gasteiger partial charge in [0, 0.05) is 36.7 Å². The number of ether oxygens (including phenoxy) is 1. The Labute approximate surface area is 124 Å². The predicted molar refractivity (Wildman–Crippen MR) is 84.6 cm³/mol. The first kappa shape index (κ1) is 14.3. The van der Waals surface area contributed by atoms with E-state index in [-0.39, 0.29) is 11.6 Å². The first-order valence-corrected chi connectivity index (χ1v) is 7.69. The first-order valence-electron chi connectivity index (χ1n) is 7.69. The van der Waals surface area contributed by atoms with Crippen LogP contribution >= 0.6 is 0 Å². The Bertz CT molecular complexity index is 659. The maximum atomic E-state index is 12.6. The summed E-state index contributed by atoms with van der Waals surface area (Å²) in [5, 5.41) is 5.30. The molecule has 4 heteroatoms. The fraction of sp³-hybridized carbons (Fsp3) is 0.471. The molecule has 1 aromatic heterocycles. The molecule has 112 valence electrons. The summed E-state index contributed by atoms with van der Waals surface area (Å²) in [4.78, 5) is 12.6. The molecule has 1 aromatic carbocycles. The Balaban J connectivity index is 1.88. The van der Waals surface area contributed by atoms with Crippen LogP contribution in [-0.2, 0) is 11.3 Å². The number of nitrogens with one attached hydrogen (secondary N) is 1. The van der Waals surface area contributed by atoms with Crippen LogP contribution in [0.5, 0.6) is 0 Å². The molecule has 1 fully saturated rings. The molecule has 4 nitrogen and oxygen atoms in total. The van der Waals surface area contributed by atoms with E-state index in [1.54, 1.807) is 0 Å². The average molecular weight is 286 g/mol. The van der Waals surface area contributed by atoms with E-state index in [1.165, 1.54) is 0 Å². The SMILES string of the molecule is CCNC(Cn1ccc2ccccc2c1=O)C1CCOC1. The van der Waals surface area contributed by atoms with E-state index < -0.39 is 0 Å². The Morgan fingerprint density at radius 3 is 3.00 bits per heavy atom. The molecule has 21 heavy (non-hydrogen) atoms. The van der Waals surface area contributed by atoms with Crippen molar-refractivity contribution in [2.45, 2.75) is 25.9 Å². The van der Waals surface area contributed by atoms with Crippen molar-refractivity contribution < 1.29 is 4.74 Å². The van der Waals surface area contributed by atoms with E-state index in [1.807, 2.05) is 41.1 Å². The standard InChI is InChI=1S/C17H22N2O2/c1-2-18-16(14-8-10-21-12-14)11-19-9-7-13-5-3-4-6-15(13)17(19)20/h3-7,9,14,16,18H,2,8,10-12H2,1H3. The summed E-state index contributed by atoms with van der Waals surface area (Å²) in [7, 11) is 0. The van der Waals surface area contributed by atoms with Crippen LogP contribution in [0, 0.1) is 5.92 Å². The van der Waals surface area contributed by atoms with Crippen molar-refractivity contribution in [1.82, 2.24) is 9.88 Å². The number of nitrogens with zero attached hydrogens (tertiary/aromatic N) is 1. The van der Waals surface area contributed by atoms with Gasteiger partial charge in [0.1, 0.15) is 0 Å². The van der Waals surface area contributed by atoms with Gasteiger partial charge in [0.2, 0.25) is 0 Å². The summed E-state index contributed by atoms with van der Waals surface area (Å²) in [6.45, 7) is 5.33. The third-order valence-electron chi connectivity index (χ3n) is 4.28. The second kappa shape index (κ2) is 6.41. The van der Waals surface area contributed by atoms with E-state index in [9.17, 15) is 4.79 Å². The van der Waals surface area contributed by atoms with Crippen LogP contribution in [0.15, 0.2) is 41.3 Å². The lowest BCUT2D eigenvalue weighted by Crippen LogP contribution is -2.42. The van der Waals surface area contributed by atoms with E-state index in [4.69, 9.17) is 4.74 Å². The lowest BCUT2D eigenvalue weighted by molar-refractivity contribution is 0.174. The minimum atomic E-state index is 0.0925. The topological polar surface area (TPSA) is 43.3 Å². The van der Waals surface area contributed by atoms with Crippen LogP contribution < -0.4 is 10.9 Å². The molecule has 0 aliphatic carbocycles. The normalized spacial score (nSPS) is 20.0. The fourth-order valence-corrected chi connectivity index (χ4v) is 3.10. The molecule has 1 N–H and O–H groups in total. The van der Waals surface area contributed by atoms with Gasteiger partial charge in [0.15, 0.2) is 0 Å². The minimum Gasteiger partial charge on any atom is -0.381 e. The molecular weight excluding hydrogens is 264 g/mol. The van der Waals surface area contributed by atoms with Crippen LogP contribution in [0.4, 0.5) is 0 Å². The molecule has 2 unspecified atom stereocenters. The molecule has 2 aromatic rings. The van der Waals surface area contributed by atoms with E-state index in [2.05, 4.69) is 12.2 Å². The predicted octanol–water partition coefficient (Wildman–Crippen LogP) is 2.02. The second-order valence-corrected chi connectivity index (χ2v) is 5.65. The number of hydrogen-bond donors (Lipinski definition) is 1. The molecule has 0 radical (unpaired) electrons. The number of likely N-dealkylation sites (N-methyl/N-ethyl adjacent to an activating group) is 1. The van der Waals surface area contributed by atoms with Gasteiger partial charge in [-0.3, -0.25) is 4.79 Å². The number of pyridine rings is 1. The van der Waals surface area contributed by atoms with Gasteiger partial charge in [-0.1, -0.05) is 25.1 Å². The van der Waals surface area contributed by atoms with Crippen molar-refractivity contribution in [3.05, 3.63) is 46.9 Å². The van der Waals surface area contributed by atoms with Crippen LogP contribution in [-0.4, -0.2) is 30.4 Å². The smallest absolute Gasteiger partial charge is 0.258 e. The largest absolute Gasteiger partial charge is 0.381 e. The van der Waals surface area contributed by atoms with Gasteiger partial charge >= 0.3 is 0 Å². The van der Waals surface area contributed by atoms with Crippen molar-refractivity contribution in [3.8, 4) is 0 Å². The lowest BCUT2D eigenvalue weighted by atomic mass is 9.98. The maximum absolute atomic E-state index is 12.6. The summed E-state index contributed by atoms with van der Waals surface area (Å²) >= 11 is 0. The third kappa shape index (κ3) is 3.01. The van der Waals surface area contributed by atoms with Gasteiger partial charge in [0.05, 0.1) is 6.61 Å². The summed E-state index contributed by atoms with van der Waals surface area (Å²) in [6, 6.07) is 10.1. The number of hydrogen-bond acceptors (Lipinski definition) is 3. The molecule has 3 rings (SSSR count). The average Bonchev–Trinajstić information content (AvgIpc) is 3.04. The zero-order chi connectivity index (χ0) is 14.7. The first-order chi connectivity index (χ1) is 10.3. The van der Waals surface area contributed by atoms with Gasteiger partial charge in [-0.05, 0) is 30.5 Å². The number of aromatic nitrogens is 1. The molecule has 2 atom stereocenters. The highest BCUT2D eigenvalue weighted by atomic mass is 16.5. The van der Waals surface area contributed by atoms with Gasteiger partial charge in [-0.2, -0.15) is 0 Å². The summed E-state index contributed by atoms with van der Waals surface area (Å²) in [5.74, 6) is 0.489. The van der Waals surface area contributed by atoms with Gasteiger partial charge in [-0.15, -0.1) is 0 Å². The Morgan fingerprint density at radius 2 is 2.24 bits per heavy atom. The van der Waals surface area contributed by atoms with Crippen molar-refractivity contribution in [3.63, 3.8) is 0 Å². The molecule has 0 bridgehead atoms. The van der Waals surface area contributed by atoms with Crippen molar-refractivity contribution in [1.29, 1.82) is 0 Å². The van der Waals surface area contributed by atoms with E-state index in [0.717, 1.165) is 37.0 Å². The van der Waals surface area contributed by atoms with Crippen LogP contribution in [0.2, 0.25) is 0 Å². The molecule has 1 aliphatic rings. The molecular formula is C17H22N2O2. The zero-order valence-electron chi connectivity index (χ0n) is 12.4. The Kier molecular flexibility index (Phi) is 4.36. The zero-order valence-corrected chi connectivity index (χ0v) is 12.4. The number of fused-ring (bicyclic) bond motifs is 1. The maximum Gasteiger partial charge on any atom is 0.258 e. The minimum absolute atomic E-state index is 0.0925. The lowest BCUT2D eigenvalue weighted by Gasteiger charge is -2.24. The fourth-order valence-electron chi connectivity index (χ4n) is 3.10. The highest BCUT2D eigenvalue weighted by Gasteiger charge is 2.25. The quantitative estimate of drug-likeness (QED) is 0.914. The van der Waals surface area contributed by atoms with E-state index in [0.29, 0.717) is 12.5 Å². The van der Waals surface area contributed by atoms with Gasteiger partial charge in [0.25, 0.3) is 5.56 Å². The second-order valence-electron chi connectivity index (χ2n) is 5.65. The van der Waals surface area contributed by atoms with Gasteiger partial charge < -0.3 is 14.6 Å². The van der Waals surface area contributed by atoms with Gasteiger partial charge in [-0.25, -0.2) is 0 Å². The van der Waals surface area contributed by atoms with Crippen molar-refractivity contribution >= 4 is 10.8 Å².